The molecular weight excluding hydrogens is 440 g/mol. The number of nitrogens with one attached hydrogen (secondary N) is 1. The van der Waals surface area contributed by atoms with Gasteiger partial charge in [0.1, 0.15) is 17.6 Å². The number of fused-ring (bicyclic) bond motifs is 4. The molecule has 1 aliphatic carbocycles. The average molecular weight is 479 g/mol. The van der Waals surface area contributed by atoms with Crippen LogP contribution in [0.25, 0.3) is 11.1 Å². The standard InChI is InChI=1S/C29H38N2O4/c1-5-29(6-2)17-21-16-20(26-23(33-3)8-7-9-24(26)34-4)10-11-22(21)27(29)30-28(32)35-25-18-31-14-12-19(25)13-15-31/h7-11,16,19,25,27H,5-6,12-15,17-18H2,1-4H3,(H,30,32)/t25-,27?/m0/s1. The molecule has 3 heterocycles. The minimum absolute atomic E-state index is 0.0106. The van der Waals surface area contributed by atoms with E-state index >= 15 is 0 Å². The van der Waals surface area contributed by atoms with Crippen LogP contribution in [-0.4, -0.2) is 51.0 Å². The van der Waals surface area contributed by atoms with E-state index in [1.807, 2.05) is 18.2 Å². The molecule has 3 saturated heterocycles. The molecule has 3 aliphatic heterocycles. The smallest absolute Gasteiger partial charge is 0.407 e. The molecule has 1 amide bonds. The van der Waals surface area contributed by atoms with Gasteiger partial charge in [-0.3, -0.25) is 4.90 Å². The van der Waals surface area contributed by atoms with Crippen molar-refractivity contribution in [1.82, 2.24) is 10.2 Å². The molecule has 3 fully saturated rings. The minimum Gasteiger partial charge on any atom is -0.496 e. The van der Waals surface area contributed by atoms with E-state index in [-0.39, 0.29) is 23.7 Å². The number of ether oxygens (including phenoxy) is 3. The van der Waals surface area contributed by atoms with Crippen molar-refractivity contribution in [3.8, 4) is 22.6 Å². The molecule has 2 bridgehead atoms. The quantitative estimate of drug-likeness (QED) is 0.562. The van der Waals surface area contributed by atoms with E-state index in [9.17, 15) is 4.79 Å². The normalized spacial score (nSPS) is 26.2. The van der Waals surface area contributed by atoms with Crippen LogP contribution in [0.5, 0.6) is 11.5 Å². The molecule has 35 heavy (non-hydrogen) atoms. The summed E-state index contributed by atoms with van der Waals surface area (Å²) < 4.78 is 17.3. The van der Waals surface area contributed by atoms with Crippen LogP contribution in [0.1, 0.15) is 56.7 Å². The first kappa shape index (κ1) is 24.0. The molecule has 0 saturated carbocycles. The minimum atomic E-state index is -0.275. The molecule has 2 aromatic rings. The van der Waals surface area contributed by atoms with Gasteiger partial charge in [-0.1, -0.05) is 38.1 Å². The summed E-state index contributed by atoms with van der Waals surface area (Å²) in [6, 6.07) is 12.3. The number of carbonyl (C=O) groups is 1. The topological polar surface area (TPSA) is 60.0 Å². The molecule has 0 radical (unpaired) electrons. The second kappa shape index (κ2) is 9.73. The Bertz CT molecular complexity index is 1050. The summed E-state index contributed by atoms with van der Waals surface area (Å²) in [5, 5.41) is 3.31. The maximum atomic E-state index is 13.1. The highest BCUT2D eigenvalue weighted by atomic mass is 16.6. The molecule has 6 heteroatoms. The first-order chi connectivity index (χ1) is 17.0. The fourth-order valence-electron chi connectivity index (χ4n) is 6.62. The van der Waals surface area contributed by atoms with Crippen LogP contribution in [0.2, 0.25) is 0 Å². The first-order valence-corrected chi connectivity index (χ1v) is 13.1. The fourth-order valence-corrected chi connectivity index (χ4v) is 6.62. The van der Waals surface area contributed by atoms with E-state index in [2.05, 4.69) is 42.3 Å². The summed E-state index contributed by atoms with van der Waals surface area (Å²) in [7, 11) is 3.37. The van der Waals surface area contributed by atoms with Gasteiger partial charge >= 0.3 is 6.09 Å². The van der Waals surface area contributed by atoms with Gasteiger partial charge in [0.25, 0.3) is 0 Å². The summed E-state index contributed by atoms with van der Waals surface area (Å²) in [4.78, 5) is 15.6. The van der Waals surface area contributed by atoms with Crippen molar-refractivity contribution in [3.05, 3.63) is 47.5 Å². The predicted octanol–water partition coefficient (Wildman–Crippen LogP) is 5.59. The zero-order valence-corrected chi connectivity index (χ0v) is 21.4. The third-order valence-electron chi connectivity index (χ3n) is 8.85. The fraction of sp³-hybridized carbons (Fsp3) is 0.552. The Kier molecular flexibility index (Phi) is 6.67. The summed E-state index contributed by atoms with van der Waals surface area (Å²) in [5.74, 6) is 2.08. The van der Waals surface area contributed by atoms with E-state index in [1.165, 1.54) is 11.1 Å². The number of hydrogen-bond acceptors (Lipinski definition) is 5. The van der Waals surface area contributed by atoms with Gasteiger partial charge in [0.2, 0.25) is 0 Å². The van der Waals surface area contributed by atoms with E-state index in [1.54, 1.807) is 14.2 Å². The summed E-state index contributed by atoms with van der Waals surface area (Å²) in [6.07, 6.45) is 4.89. The Morgan fingerprint density at radius 2 is 1.74 bits per heavy atom. The average Bonchev–Trinajstić information content (AvgIpc) is 3.21. The molecule has 2 atom stereocenters. The van der Waals surface area contributed by atoms with Crippen LogP contribution in [0.3, 0.4) is 0 Å². The Balaban J connectivity index is 1.42. The van der Waals surface area contributed by atoms with Crippen molar-refractivity contribution < 1.29 is 19.0 Å². The molecule has 1 unspecified atom stereocenters. The van der Waals surface area contributed by atoms with Gasteiger partial charge in [-0.25, -0.2) is 4.79 Å². The van der Waals surface area contributed by atoms with Crippen LogP contribution in [-0.2, 0) is 11.2 Å². The zero-order valence-electron chi connectivity index (χ0n) is 21.4. The lowest BCUT2D eigenvalue weighted by molar-refractivity contribution is -0.0353. The highest BCUT2D eigenvalue weighted by Crippen LogP contribution is 2.52. The van der Waals surface area contributed by atoms with Crippen LogP contribution in [0.4, 0.5) is 4.79 Å². The van der Waals surface area contributed by atoms with Crippen LogP contribution >= 0.6 is 0 Å². The molecule has 4 aliphatic rings. The van der Waals surface area contributed by atoms with Gasteiger partial charge in [-0.15, -0.1) is 0 Å². The number of amides is 1. The SMILES string of the molecule is CCC1(CC)Cc2cc(-c3c(OC)cccc3OC)ccc2C1NC(=O)O[C@H]1CN2CCC1CC2. The third-order valence-corrected chi connectivity index (χ3v) is 8.85. The third kappa shape index (κ3) is 4.26. The van der Waals surface area contributed by atoms with Gasteiger partial charge in [0.05, 0.1) is 25.8 Å². The maximum Gasteiger partial charge on any atom is 0.407 e. The lowest BCUT2D eigenvalue weighted by atomic mass is 9.76. The van der Waals surface area contributed by atoms with Crippen molar-refractivity contribution in [2.45, 2.75) is 58.1 Å². The molecule has 188 valence electrons. The number of benzene rings is 2. The Hall–Kier alpha value is -2.73. The van der Waals surface area contributed by atoms with Gasteiger partial charge in [0.15, 0.2) is 0 Å². The van der Waals surface area contributed by atoms with Crippen molar-refractivity contribution in [3.63, 3.8) is 0 Å². The highest BCUT2D eigenvalue weighted by Gasteiger charge is 2.45. The Morgan fingerprint density at radius 1 is 1.06 bits per heavy atom. The summed E-state index contributed by atoms with van der Waals surface area (Å²) in [5.41, 5.74) is 4.45. The van der Waals surface area contributed by atoms with Crippen molar-refractivity contribution in [2.75, 3.05) is 33.9 Å². The molecule has 1 N–H and O–H groups in total. The molecule has 2 aromatic carbocycles. The Morgan fingerprint density at radius 3 is 2.31 bits per heavy atom. The monoisotopic (exact) mass is 478 g/mol. The highest BCUT2D eigenvalue weighted by molar-refractivity contribution is 5.78. The number of methoxy groups -OCH3 is 2. The molecular formula is C29H38N2O4. The summed E-state index contributed by atoms with van der Waals surface area (Å²) in [6.45, 7) is 7.60. The van der Waals surface area contributed by atoms with Gasteiger partial charge < -0.3 is 19.5 Å². The van der Waals surface area contributed by atoms with Crippen LogP contribution in [0, 0.1) is 11.3 Å². The van der Waals surface area contributed by atoms with Crippen molar-refractivity contribution in [1.29, 1.82) is 0 Å². The number of alkyl carbamates (subject to hydrolysis) is 1. The van der Waals surface area contributed by atoms with Gasteiger partial charge in [-0.05, 0) is 85.3 Å². The number of nitrogens with zero attached hydrogens (tertiary/aromatic N) is 1. The van der Waals surface area contributed by atoms with Gasteiger partial charge in [0, 0.05) is 6.54 Å². The number of rotatable bonds is 7. The Labute approximate surface area is 208 Å². The lowest BCUT2D eigenvalue weighted by Crippen LogP contribution is -2.53. The van der Waals surface area contributed by atoms with Crippen molar-refractivity contribution >= 4 is 6.09 Å². The maximum absolute atomic E-state index is 13.1. The largest absolute Gasteiger partial charge is 0.496 e. The second-order valence-electron chi connectivity index (χ2n) is 10.4. The number of carbonyl (C=O) groups excluding carboxylic acids is 1. The van der Waals surface area contributed by atoms with E-state index in [0.717, 1.165) is 74.4 Å². The molecule has 0 spiro atoms. The van der Waals surface area contributed by atoms with Crippen molar-refractivity contribution in [2.24, 2.45) is 11.3 Å². The van der Waals surface area contributed by atoms with E-state index < -0.39 is 0 Å². The van der Waals surface area contributed by atoms with E-state index in [4.69, 9.17) is 14.2 Å². The van der Waals surface area contributed by atoms with Crippen LogP contribution < -0.4 is 14.8 Å². The second-order valence-corrected chi connectivity index (χ2v) is 10.4. The summed E-state index contributed by atoms with van der Waals surface area (Å²) >= 11 is 0. The van der Waals surface area contributed by atoms with E-state index in [0.29, 0.717) is 5.92 Å². The molecule has 6 nitrogen and oxygen atoms in total. The zero-order chi connectivity index (χ0) is 24.6. The van der Waals surface area contributed by atoms with Gasteiger partial charge in [-0.2, -0.15) is 0 Å². The molecule has 6 rings (SSSR count). The van der Waals surface area contributed by atoms with Crippen LogP contribution in [0.15, 0.2) is 36.4 Å². The predicted molar refractivity (Wildman–Crippen MR) is 137 cm³/mol. The number of hydrogen-bond donors (Lipinski definition) is 1. The molecule has 0 aromatic heterocycles. The lowest BCUT2D eigenvalue weighted by Gasteiger charge is -2.44. The number of piperidine rings is 3. The first-order valence-electron chi connectivity index (χ1n) is 13.1.